The highest BCUT2D eigenvalue weighted by Gasteiger charge is 2.24. The molecule has 1 atom stereocenters. The second-order valence-electron chi connectivity index (χ2n) is 6.49. The molecule has 2 aromatic carbocycles. The predicted molar refractivity (Wildman–Crippen MR) is 110 cm³/mol. The van der Waals surface area contributed by atoms with E-state index in [0.717, 1.165) is 10.0 Å². The fourth-order valence-electron chi connectivity index (χ4n) is 2.41. The van der Waals surface area contributed by atoms with Crippen LogP contribution in [0.4, 0.5) is 0 Å². The van der Waals surface area contributed by atoms with Gasteiger partial charge >= 0.3 is 0 Å². The Balaban J connectivity index is 2.00. The van der Waals surface area contributed by atoms with Crippen LogP contribution in [-0.4, -0.2) is 35.3 Å². The van der Waals surface area contributed by atoms with Crippen molar-refractivity contribution in [2.45, 2.75) is 31.5 Å². The third-order valence-electron chi connectivity index (χ3n) is 4.09. The summed E-state index contributed by atoms with van der Waals surface area (Å²) in [7, 11) is -0.732. The molecular weight excluding hydrogens is 448 g/mol. The molecule has 0 saturated carbocycles. The van der Waals surface area contributed by atoms with Crippen LogP contribution in [0.2, 0.25) is 0 Å². The molecule has 0 amide bonds. The highest BCUT2D eigenvalue weighted by atomic mass is 79.9. The zero-order valence-corrected chi connectivity index (χ0v) is 18.7. The molecule has 0 aliphatic carbocycles. The van der Waals surface area contributed by atoms with Crippen LogP contribution < -0.4 is 9.47 Å². The van der Waals surface area contributed by atoms with Crippen molar-refractivity contribution < 1.29 is 26.8 Å². The van der Waals surface area contributed by atoms with E-state index < -0.39 is 16.2 Å². The minimum absolute atomic E-state index is 0.0457. The molecule has 8 heteroatoms. The summed E-state index contributed by atoms with van der Waals surface area (Å²) >= 11 is 3.29. The second kappa shape index (κ2) is 10.2. The number of hydrogen-bond donors (Lipinski definition) is 0. The van der Waals surface area contributed by atoms with Crippen molar-refractivity contribution in [3.63, 3.8) is 0 Å². The first-order valence-corrected chi connectivity index (χ1v) is 10.9. The molecule has 0 aromatic heterocycles. The molecule has 0 N–H and O–H groups in total. The van der Waals surface area contributed by atoms with Gasteiger partial charge in [-0.3, -0.25) is 4.18 Å². The maximum atomic E-state index is 12.5. The summed E-state index contributed by atoms with van der Waals surface area (Å²) in [4.78, 5) is 0.112. The summed E-state index contributed by atoms with van der Waals surface area (Å²) in [6.07, 6.45) is -0.603. The summed E-state index contributed by atoms with van der Waals surface area (Å²) in [5, 5.41) is 0. The highest BCUT2D eigenvalue weighted by molar-refractivity contribution is 9.10. The topological polar surface area (TPSA) is 71.1 Å². The van der Waals surface area contributed by atoms with Crippen molar-refractivity contribution in [1.29, 1.82) is 0 Å². The van der Waals surface area contributed by atoms with Crippen LogP contribution in [0.15, 0.2) is 51.8 Å². The molecule has 0 radical (unpaired) electrons. The fraction of sp³-hybridized carbons (Fsp3) is 0.400. The van der Waals surface area contributed by atoms with Crippen molar-refractivity contribution in [2.75, 3.05) is 20.8 Å². The maximum absolute atomic E-state index is 12.5. The zero-order chi connectivity index (χ0) is 20.7. The lowest BCUT2D eigenvalue weighted by Gasteiger charge is -2.21. The van der Waals surface area contributed by atoms with Gasteiger partial charge in [-0.25, -0.2) is 0 Å². The van der Waals surface area contributed by atoms with Gasteiger partial charge < -0.3 is 14.2 Å². The molecule has 1 unspecified atom stereocenters. The van der Waals surface area contributed by atoms with Crippen LogP contribution in [0.5, 0.6) is 11.5 Å². The van der Waals surface area contributed by atoms with Gasteiger partial charge in [0.15, 0.2) is 11.5 Å². The summed E-state index contributed by atoms with van der Waals surface area (Å²) in [6.45, 7) is 4.22. The monoisotopic (exact) mass is 472 g/mol. The van der Waals surface area contributed by atoms with Gasteiger partial charge in [0.2, 0.25) is 0 Å². The lowest BCUT2D eigenvalue weighted by atomic mass is 10.1. The van der Waals surface area contributed by atoms with Gasteiger partial charge in [-0.2, -0.15) is 8.42 Å². The molecule has 0 spiro atoms. The molecule has 0 aliphatic rings. The standard InChI is InChI=1S/C20H25BrO6S/c1-14(2)20(27-28(22,23)17-8-6-16(21)7-9-17)13-26-12-15-5-10-18(24-3)19(11-15)25-4/h5-11,14,20H,12-13H2,1-4H3. The molecule has 0 fully saturated rings. The number of methoxy groups -OCH3 is 2. The Labute approximate surface area is 175 Å². The Morgan fingerprint density at radius 3 is 2.18 bits per heavy atom. The predicted octanol–water partition coefficient (Wildman–Crippen LogP) is 4.41. The van der Waals surface area contributed by atoms with Crippen LogP contribution >= 0.6 is 15.9 Å². The third kappa shape index (κ3) is 6.20. The van der Waals surface area contributed by atoms with Crippen LogP contribution in [0.25, 0.3) is 0 Å². The Morgan fingerprint density at radius 1 is 0.964 bits per heavy atom. The first kappa shape index (κ1) is 22.7. The van der Waals surface area contributed by atoms with Crippen molar-refractivity contribution >= 4 is 26.0 Å². The van der Waals surface area contributed by atoms with E-state index in [1.807, 2.05) is 26.0 Å². The molecule has 154 valence electrons. The third-order valence-corrected chi connectivity index (χ3v) is 5.97. The maximum Gasteiger partial charge on any atom is 0.297 e. The Kier molecular flexibility index (Phi) is 8.30. The summed E-state index contributed by atoms with van der Waals surface area (Å²) in [5.41, 5.74) is 0.885. The first-order valence-electron chi connectivity index (χ1n) is 8.74. The molecular formula is C20H25BrO6S. The van der Waals surface area contributed by atoms with Gasteiger partial charge in [0.25, 0.3) is 10.1 Å². The van der Waals surface area contributed by atoms with Crippen LogP contribution in [0.3, 0.4) is 0 Å². The van der Waals surface area contributed by atoms with Gasteiger partial charge in [0.1, 0.15) is 6.10 Å². The van der Waals surface area contributed by atoms with Crippen LogP contribution in [-0.2, 0) is 25.6 Å². The van der Waals surface area contributed by atoms with Crippen molar-refractivity contribution in [2.24, 2.45) is 5.92 Å². The van der Waals surface area contributed by atoms with Gasteiger partial charge in [-0.15, -0.1) is 0 Å². The SMILES string of the molecule is COc1ccc(COCC(OS(=O)(=O)c2ccc(Br)cc2)C(C)C)cc1OC. The lowest BCUT2D eigenvalue weighted by molar-refractivity contribution is 0.0232. The van der Waals surface area contributed by atoms with E-state index in [9.17, 15) is 8.42 Å². The number of ether oxygens (including phenoxy) is 3. The van der Waals surface area contributed by atoms with Crippen LogP contribution in [0, 0.1) is 5.92 Å². The number of hydrogen-bond acceptors (Lipinski definition) is 6. The van der Waals surface area contributed by atoms with E-state index in [2.05, 4.69) is 15.9 Å². The Hall–Kier alpha value is -1.61. The van der Waals surface area contributed by atoms with E-state index >= 15 is 0 Å². The van der Waals surface area contributed by atoms with Crippen molar-refractivity contribution in [3.8, 4) is 11.5 Å². The first-order chi connectivity index (χ1) is 13.3. The molecule has 2 aromatic rings. The average molecular weight is 473 g/mol. The largest absolute Gasteiger partial charge is 0.493 e. The summed E-state index contributed by atoms with van der Waals surface area (Å²) in [5.74, 6) is 1.20. The molecule has 28 heavy (non-hydrogen) atoms. The zero-order valence-electron chi connectivity index (χ0n) is 16.3. The van der Waals surface area contributed by atoms with E-state index in [0.29, 0.717) is 18.1 Å². The van der Waals surface area contributed by atoms with E-state index in [4.69, 9.17) is 18.4 Å². The van der Waals surface area contributed by atoms with Gasteiger partial charge in [-0.05, 0) is 47.9 Å². The van der Waals surface area contributed by atoms with Gasteiger partial charge in [-0.1, -0.05) is 35.8 Å². The van der Waals surface area contributed by atoms with E-state index in [1.165, 1.54) is 12.1 Å². The Bertz CT molecular complexity index is 865. The van der Waals surface area contributed by atoms with Crippen LogP contribution in [0.1, 0.15) is 19.4 Å². The average Bonchev–Trinajstić information content (AvgIpc) is 2.67. The van der Waals surface area contributed by atoms with Gasteiger partial charge in [0, 0.05) is 4.47 Å². The number of halogens is 1. The number of rotatable bonds is 10. The minimum Gasteiger partial charge on any atom is -0.493 e. The lowest BCUT2D eigenvalue weighted by Crippen LogP contribution is -2.28. The van der Waals surface area contributed by atoms with E-state index in [-0.39, 0.29) is 17.4 Å². The molecule has 0 saturated heterocycles. The van der Waals surface area contributed by atoms with Gasteiger partial charge in [0.05, 0.1) is 32.3 Å². The molecule has 0 heterocycles. The molecule has 0 bridgehead atoms. The normalized spacial score (nSPS) is 12.8. The second-order valence-corrected chi connectivity index (χ2v) is 8.98. The molecule has 6 nitrogen and oxygen atoms in total. The van der Waals surface area contributed by atoms with Crippen molar-refractivity contribution in [3.05, 3.63) is 52.5 Å². The van der Waals surface area contributed by atoms with E-state index in [1.54, 1.807) is 32.4 Å². The summed E-state index contributed by atoms with van der Waals surface area (Å²) in [6, 6.07) is 11.8. The Morgan fingerprint density at radius 2 is 1.61 bits per heavy atom. The molecule has 0 aliphatic heterocycles. The number of benzene rings is 2. The quantitative estimate of drug-likeness (QED) is 0.476. The van der Waals surface area contributed by atoms with Crippen molar-refractivity contribution in [1.82, 2.24) is 0 Å². The summed E-state index contributed by atoms with van der Waals surface area (Å²) < 4.78 is 47.5. The molecule has 2 rings (SSSR count). The highest BCUT2D eigenvalue weighted by Crippen LogP contribution is 2.28. The smallest absolute Gasteiger partial charge is 0.297 e. The minimum atomic E-state index is -3.87. The fourth-order valence-corrected chi connectivity index (χ4v) is 3.86.